The Labute approximate surface area is 134 Å². The molecule has 1 unspecified atom stereocenters. The summed E-state index contributed by atoms with van der Waals surface area (Å²) in [6.07, 6.45) is 1.61. The van der Waals surface area contributed by atoms with E-state index in [2.05, 4.69) is 10.6 Å². The van der Waals surface area contributed by atoms with Gasteiger partial charge < -0.3 is 20.8 Å². The van der Waals surface area contributed by atoms with Crippen molar-refractivity contribution in [2.24, 2.45) is 5.73 Å². The van der Waals surface area contributed by atoms with Crippen LogP contribution in [0.3, 0.4) is 0 Å². The monoisotopic (exact) mass is 316 g/mol. The summed E-state index contributed by atoms with van der Waals surface area (Å²) in [7, 11) is 3.84. The second-order valence-electron chi connectivity index (χ2n) is 5.27. The Morgan fingerprint density at radius 2 is 1.91 bits per heavy atom. The number of primary amides is 1. The number of nitrogens with one attached hydrogen (secondary N) is 2. The maximum atomic E-state index is 12.2. The summed E-state index contributed by atoms with van der Waals surface area (Å²) in [5.74, 6) is 0.588. The first kappa shape index (κ1) is 16.6. The highest BCUT2D eigenvalue weighted by atomic mass is 16.3. The molecule has 0 radical (unpaired) electrons. The predicted octanol–water partition coefficient (Wildman–Crippen LogP) is 1.80. The van der Waals surface area contributed by atoms with E-state index in [1.807, 2.05) is 31.1 Å². The molecule has 2 rings (SSSR count). The molecular weight excluding hydrogens is 296 g/mol. The van der Waals surface area contributed by atoms with Crippen molar-refractivity contribution in [2.75, 3.05) is 26.0 Å². The first-order chi connectivity index (χ1) is 11.0. The molecule has 1 aromatic heterocycles. The number of nitrogens with two attached hydrogens (primary N) is 1. The molecule has 0 aliphatic rings. The van der Waals surface area contributed by atoms with Crippen molar-refractivity contribution in [3.63, 3.8) is 0 Å². The van der Waals surface area contributed by atoms with Crippen LogP contribution in [0.5, 0.6) is 0 Å². The van der Waals surface area contributed by atoms with Crippen LogP contribution in [0.4, 0.5) is 10.5 Å². The molecule has 7 nitrogen and oxygen atoms in total. The number of hydrogen-bond donors (Lipinski definition) is 3. The van der Waals surface area contributed by atoms with Crippen LogP contribution in [0.1, 0.15) is 22.2 Å². The van der Waals surface area contributed by atoms with E-state index in [9.17, 15) is 9.59 Å². The number of hydrogen-bond acceptors (Lipinski definition) is 4. The number of carbonyl (C=O) groups is 2. The normalized spacial score (nSPS) is 12.0. The largest absolute Gasteiger partial charge is 0.468 e. The Morgan fingerprint density at radius 3 is 2.43 bits per heavy atom. The number of furan rings is 1. The van der Waals surface area contributed by atoms with Gasteiger partial charge in [0.05, 0.1) is 12.3 Å². The molecule has 1 atom stereocenters. The Morgan fingerprint density at radius 1 is 1.22 bits per heavy atom. The van der Waals surface area contributed by atoms with E-state index < -0.39 is 6.03 Å². The van der Waals surface area contributed by atoms with Gasteiger partial charge in [0.25, 0.3) is 5.91 Å². The van der Waals surface area contributed by atoms with Crippen LogP contribution in [-0.2, 0) is 0 Å². The van der Waals surface area contributed by atoms with Crippen molar-refractivity contribution < 1.29 is 14.0 Å². The Hall–Kier alpha value is -2.80. The molecule has 0 aliphatic heterocycles. The highest BCUT2D eigenvalue weighted by molar-refractivity contribution is 5.95. The minimum Gasteiger partial charge on any atom is -0.468 e. The Bertz CT molecular complexity index is 650. The van der Waals surface area contributed by atoms with Gasteiger partial charge in [-0.25, -0.2) is 4.79 Å². The quantitative estimate of drug-likeness (QED) is 0.756. The first-order valence-electron chi connectivity index (χ1n) is 7.12. The molecule has 0 fully saturated rings. The van der Waals surface area contributed by atoms with Crippen molar-refractivity contribution in [1.29, 1.82) is 0 Å². The lowest BCUT2D eigenvalue weighted by atomic mass is 10.1. The van der Waals surface area contributed by atoms with Crippen LogP contribution in [0.25, 0.3) is 0 Å². The summed E-state index contributed by atoms with van der Waals surface area (Å²) < 4.78 is 5.40. The average molecular weight is 316 g/mol. The van der Waals surface area contributed by atoms with Crippen molar-refractivity contribution >= 4 is 17.6 Å². The van der Waals surface area contributed by atoms with Crippen molar-refractivity contribution in [3.05, 3.63) is 54.0 Å². The number of rotatable bonds is 6. The van der Waals surface area contributed by atoms with Crippen LogP contribution in [0.2, 0.25) is 0 Å². The molecular formula is C16H20N4O3. The highest BCUT2D eigenvalue weighted by Crippen LogP contribution is 2.18. The third-order valence-corrected chi connectivity index (χ3v) is 3.37. The molecule has 0 spiro atoms. The molecule has 7 heteroatoms. The first-order valence-corrected chi connectivity index (χ1v) is 7.12. The molecule has 122 valence electrons. The zero-order valence-corrected chi connectivity index (χ0v) is 13.1. The van der Waals surface area contributed by atoms with E-state index in [1.165, 1.54) is 0 Å². The second-order valence-corrected chi connectivity index (χ2v) is 5.27. The lowest BCUT2D eigenvalue weighted by Gasteiger charge is -2.22. The van der Waals surface area contributed by atoms with E-state index in [4.69, 9.17) is 10.2 Å². The molecule has 23 heavy (non-hydrogen) atoms. The number of nitrogens with zero attached hydrogens (tertiary/aromatic N) is 1. The lowest BCUT2D eigenvalue weighted by Crippen LogP contribution is -2.34. The van der Waals surface area contributed by atoms with Gasteiger partial charge in [0.1, 0.15) is 5.76 Å². The molecule has 0 aliphatic carbocycles. The maximum absolute atomic E-state index is 12.2. The number of amides is 3. The molecule has 3 amide bonds. The van der Waals surface area contributed by atoms with E-state index in [0.29, 0.717) is 17.8 Å². The van der Waals surface area contributed by atoms with E-state index in [1.54, 1.807) is 30.5 Å². The van der Waals surface area contributed by atoms with Crippen LogP contribution < -0.4 is 16.4 Å². The van der Waals surface area contributed by atoms with Gasteiger partial charge in [0.15, 0.2) is 0 Å². The molecule has 1 heterocycles. The van der Waals surface area contributed by atoms with Crippen LogP contribution >= 0.6 is 0 Å². The maximum Gasteiger partial charge on any atom is 0.316 e. The minimum absolute atomic E-state index is 0.0512. The van der Waals surface area contributed by atoms with Gasteiger partial charge in [0.2, 0.25) is 0 Å². The van der Waals surface area contributed by atoms with Crippen LogP contribution in [-0.4, -0.2) is 37.5 Å². The molecule has 0 bridgehead atoms. The minimum atomic E-state index is -0.644. The topological polar surface area (TPSA) is 101 Å². The summed E-state index contributed by atoms with van der Waals surface area (Å²) >= 11 is 0. The van der Waals surface area contributed by atoms with Gasteiger partial charge in [-0.15, -0.1) is 0 Å². The summed E-state index contributed by atoms with van der Waals surface area (Å²) in [4.78, 5) is 24.9. The smallest absolute Gasteiger partial charge is 0.316 e. The van der Waals surface area contributed by atoms with Crippen LogP contribution in [0.15, 0.2) is 47.1 Å². The van der Waals surface area contributed by atoms with Crippen molar-refractivity contribution in [1.82, 2.24) is 10.2 Å². The van der Waals surface area contributed by atoms with Gasteiger partial charge in [-0.2, -0.15) is 0 Å². The summed E-state index contributed by atoms with van der Waals surface area (Å²) in [6.45, 7) is 0.417. The standard InChI is InChI=1S/C16H20N4O3/c1-20(2)13(14-4-3-9-23-14)10-18-15(21)11-5-7-12(8-6-11)19-16(17)22/h3-9,13H,10H2,1-2H3,(H,18,21)(H3,17,19,22). The van der Waals surface area contributed by atoms with Gasteiger partial charge in [-0.1, -0.05) is 0 Å². The van der Waals surface area contributed by atoms with E-state index >= 15 is 0 Å². The predicted molar refractivity (Wildman–Crippen MR) is 87.1 cm³/mol. The molecule has 1 aromatic carbocycles. The molecule has 4 N–H and O–H groups in total. The number of carbonyl (C=O) groups excluding carboxylic acids is 2. The van der Waals surface area contributed by atoms with E-state index in [0.717, 1.165) is 5.76 Å². The average Bonchev–Trinajstić information content (AvgIpc) is 3.01. The Balaban J connectivity index is 1.97. The van der Waals surface area contributed by atoms with Crippen molar-refractivity contribution in [3.8, 4) is 0 Å². The SMILES string of the molecule is CN(C)C(CNC(=O)c1ccc(NC(N)=O)cc1)c1ccco1. The third-order valence-electron chi connectivity index (χ3n) is 3.37. The fourth-order valence-corrected chi connectivity index (χ4v) is 2.16. The highest BCUT2D eigenvalue weighted by Gasteiger charge is 2.18. The summed E-state index contributed by atoms with van der Waals surface area (Å²) in [6, 6.07) is 9.49. The fraction of sp³-hybridized carbons (Fsp3) is 0.250. The number of benzene rings is 1. The zero-order chi connectivity index (χ0) is 16.8. The number of likely N-dealkylation sites (N-methyl/N-ethyl adjacent to an activating group) is 1. The lowest BCUT2D eigenvalue weighted by molar-refractivity contribution is 0.0939. The second kappa shape index (κ2) is 7.46. The van der Waals surface area contributed by atoms with Gasteiger partial charge in [-0.3, -0.25) is 9.69 Å². The third kappa shape index (κ3) is 4.58. The number of urea groups is 1. The molecule has 0 saturated carbocycles. The summed E-state index contributed by atoms with van der Waals surface area (Å²) in [5, 5.41) is 5.32. The van der Waals surface area contributed by atoms with Gasteiger partial charge in [-0.05, 0) is 50.5 Å². The summed E-state index contributed by atoms with van der Waals surface area (Å²) in [5.41, 5.74) is 6.07. The fourth-order valence-electron chi connectivity index (χ4n) is 2.16. The van der Waals surface area contributed by atoms with Gasteiger partial charge in [0, 0.05) is 17.8 Å². The molecule has 0 saturated heterocycles. The van der Waals surface area contributed by atoms with Crippen LogP contribution in [0, 0.1) is 0 Å². The van der Waals surface area contributed by atoms with Gasteiger partial charge >= 0.3 is 6.03 Å². The van der Waals surface area contributed by atoms with E-state index in [-0.39, 0.29) is 11.9 Å². The van der Waals surface area contributed by atoms with Crippen molar-refractivity contribution in [2.45, 2.75) is 6.04 Å². The zero-order valence-electron chi connectivity index (χ0n) is 13.1. The number of anilines is 1. The molecule has 2 aromatic rings. The Kier molecular flexibility index (Phi) is 5.37.